The molecule has 0 fully saturated rings. The summed E-state index contributed by atoms with van der Waals surface area (Å²) in [5.41, 5.74) is 7.69. The van der Waals surface area contributed by atoms with Gasteiger partial charge in [-0.15, -0.1) is 12.4 Å². The Balaban J connectivity index is 0.00000144. The smallest absolute Gasteiger partial charge is 0.0458 e. The van der Waals surface area contributed by atoms with Gasteiger partial charge in [-0.1, -0.05) is 31.0 Å². The second-order valence-corrected chi connectivity index (χ2v) is 3.32. The summed E-state index contributed by atoms with van der Waals surface area (Å²) in [6, 6.07) is 5.67. The van der Waals surface area contributed by atoms with Gasteiger partial charge in [0.05, 0.1) is 0 Å². The summed E-state index contributed by atoms with van der Waals surface area (Å²) in [6.07, 6.45) is 3.31. The van der Waals surface area contributed by atoms with E-state index in [1.54, 1.807) is 0 Å². The highest BCUT2D eigenvalue weighted by atomic mass is 35.5. The fourth-order valence-corrected chi connectivity index (χ4v) is 1.47. The summed E-state index contributed by atoms with van der Waals surface area (Å²) in [7, 11) is 0. The Bertz CT molecular complexity index is 241. The molecule has 0 radical (unpaired) electrons. The number of rotatable bonds is 3. The van der Waals surface area contributed by atoms with E-state index in [-0.39, 0.29) is 12.4 Å². The van der Waals surface area contributed by atoms with Gasteiger partial charge in [0.15, 0.2) is 0 Å². The third-order valence-electron chi connectivity index (χ3n) is 1.94. The van der Waals surface area contributed by atoms with Crippen LogP contribution in [0.5, 0.6) is 0 Å². The zero-order chi connectivity index (χ0) is 8.97. The third-order valence-corrected chi connectivity index (χ3v) is 2.29. The molecule has 1 aromatic rings. The summed E-state index contributed by atoms with van der Waals surface area (Å²) in [6.45, 7) is 2.16. The lowest BCUT2D eigenvalue weighted by Gasteiger charge is -2.06. The topological polar surface area (TPSA) is 26.0 Å². The zero-order valence-electron chi connectivity index (χ0n) is 7.72. The molecule has 0 heterocycles. The van der Waals surface area contributed by atoms with Crippen molar-refractivity contribution in [2.75, 3.05) is 5.73 Å². The normalized spacial score (nSPS) is 9.38. The first-order valence-electron chi connectivity index (χ1n) is 4.28. The minimum Gasteiger partial charge on any atom is -0.398 e. The Hall–Kier alpha value is -0.400. The van der Waals surface area contributed by atoms with Crippen LogP contribution in [0, 0.1) is 0 Å². The molecule has 0 aliphatic heterocycles. The maximum absolute atomic E-state index is 5.99. The maximum Gasteiger partial charge on any atom is 0.0458 e. The maximum atomic E-state index is 5.99. The van der Waals surface area contributed by atoms with Crippen LogP contribution in [0.3, 0.4) is 0 Å². The number of nitrogen functional groups attached to an aromatic ring is 1. The van der Waals surface area contributed by atoms with Crippen LogP contribution in [0.2, 0.25) is 5.02 Å². The molecule has 74 valence electrons. The Kier molecular flexibility index (Phi) is 5.93. The standard InChI is InChI=1S/C10H14ClN.ClH/c1-2-3-5-8-9(11)6-4-7-10(8)12;/h4,6-7H,2-3,5,12H2,1H3;1H. The SMILES string of the molecule is CCCCc1c(N)cccc1Cl.Cl. The van der Waals surface area contributed by atoms with Crippen molar-refractivity contribution >= 4 is 29.7 Å². The first-order valence-corrected chi connectivity index (χ1v) is 4.66. The first-order chi connectivity index (χ1) is 5.75. The van der Waals surface area contributed by atoms with E-state index in [9.17, 15) is 0 Å². The lowest BCUT2D eigenvalue weighted by molar-refractivity contribution is 0.796. The molecule has 0 aliphatic rings. The minimum atomic E-state index is 0. The van der Waals surface area contributed by atoms with E-state index in [1.807, 2.05) is 18.2 Å². The number of benzene rings is 1. The van der Waals surface area contributed by atoms with Gasteiger partial charge in [-0.05, 0) is 30.5 Å². The van der Waals surface area contributed by atoms with E-state index in [1.165, 1.54) is 6.42 Å². The second-order valence-electron chi connectivity index (χ2n) is 2.91. The van der Waals surface area contributed by atoms with E-state index >= 15 is 0 Å². The molecule has 0 bridgehead atoms. The molecule has 2 N–H and O–H groups in total. The van der Waals surface area contributed by atoms with Crippen molar-refractivity contribution in [2.24, 2.45) is 0 Å². The van der Waals surface area contributed by atoms with Crippen LogP contribution in [0.25, 0.3) is 0 Å². The first kappa shape index (κ1) is 12.6. The summed E-state index contributed by atoms with van der Waals surface area (Å²) in [4.78, 5) is 0. The van der Waals surface area contributed by atoms with Crippen molar-refractivity contribution in [3.05, 3.63) is 28.8 Å². The zero-order valence-corrected chi connectivity index (χ0v) is 9.29. The molecule has 0 aromatic heterocycles. The summed E-state index contributed by atoms with van der Waals surface area (Å²) in [5.74, 6) is 0. The number of halogens is 2. The van der Waals surface area contributed by atoms with Gasteiger partial charge in [-0.25, -0.2) is 0 Å². The fraction of sp³-hybridized carbons (Fsp3) is 0.400. The van der Waals surface area contributed by atoms with Gasteiger partial charge >= 0.3 is 0 Å². The molecule has 0 saturated carbocycles. The van der Waals surface area contributed by atoms with E-state index in [4.69, 9.17) is 17.3 Å². The Labute approximate surface area is 90.7 Å². The average Bonchev–Trinajstić information content (AvgIpc) is 2.04. The molecule has 1 aromatic carbocycles. The highest BCUT2D eigenvalue weighted by Crippen LogP contribution is 2.23. The van der Waals surface area contributed by atoms with E-state index < -0.39 is 0 Å². The van der Waals surface area contributed by atoms with Gasteiger partial charge in [0.2, 0.25) is 0 Å². The van der Waals surface area contributed by atoms with Crippen LogP contribution < -0.4 is 5.73 Å². The van der Waals surface area contributed by atoms with Gasteiger partial charge < -0.3 is 5.73 Å². The molecule has 1 rings (SSSR count). The van der Waals surface area contributed by atoms with Crippen LogP contribution >= 0.6 is 24.0 Å². The molecule has 0 atom stereocenters. The van der Waals surface area contributed by atoms with Crippen LogP contribution in [0.4, 0.5) is 5.69 Å². The highest BCUT2D eigenvalue weighted by molar-refractivity contribution is 6.31. The molecule has 0 aliphatic carbocycles. The third kappa shape index (κ3) is 3.45. The lowest BCUT2D eigenvalue weighted by atomic mass is 10.1. The number of anilines is 1. The molecule has 13 heavy (non-hydrogen) atoms. The minimum absolute atomic E-state index is 0. The van der Waals surface area contributed by atoms with Gasteiger partial charge in [0.1, 0.15) is 0 Å². The van der Waals surface area contributed by atoms with Crippen molar-refractivity contribution < 1.29 is 0 Å². The van der Waals surface area contributed by atoms with Gasteiger partial charge in [0.25, 0.3) is 0 Å². The number of hydrogen-bond acceptors (Lipinski definition) is 1. The molecule has 0 saturated heterocycles. The van der Waals surface area contributed by atoms with Gasteiger partial charge in [-0.3, -0.25) is 0 Å². The van der Waals surface area contributed by atoms with Crippen LogP contribution in [0.1, 0.15) is 25.3 Å². The largest absolute Gasteiger partial charge is 0.398 e. The Morgan fingerprint density at radius 2 is 2.08 bits per heavy atom. The fourth-order valence-electron chi connectivity index (χ4n) is 1.19. The summed E-state index contributed by atoms with van der Waals surface area (Å²) < 4.78 is 0. The Morgan fingerprint density at radius 1 is 1.38 bits per heavy atom. The Morgan fingerprint density at radius 3 is 2.62 bits per heavy atom. The average molecular weight is 220 g/mol. The van der Waals surface area contributed by atoms with Gasteiger partial charge in [-0.2, -0.15) is 0 Å². The van der Waals surface area contributed by atoms with Crippen LogP contribution in [-0.2, 0) is 6.42 Å². The lowest BCUT2D eigenvalue weighted by Crippen LogP contribution is -1.94. The molecule has 1 nitrogen and oxygen atoms in total. The number of unbranched alkanes of at least 4 members (excludes halogenated alkanes) is 1. The van der Waals surface area contributed by atoms with Crippen LogP contribution in [-0.4, -0.2) is 0 Å². The molecule has 3 heteroatoms. The van der Waals surface area contributed by atoms with Crippen molar-refractivity contribution in [3.8, 4) is 0 Å². The van der Waals surface area contributed by atoms with E-state index in [0.29, 0.717) is 0 Å². The van der Waals surface area contributed by atoms with Gasteiger partial charge in [0, 0.05) is 10.7 Å². The quantitative estimate of drug-likeness (QED) is 0.772. The molecular formula is C10H15Cl2N. The molecule has 0 amide bonds. The monoisotopic (exact) mass is 219 g/mol. The van der Waals surface area contributed by atoms with E-state index in [2.05, 4.69) is 6.92 Å². The predicted molar refractivity (Wildman–Crippen MR) is 61.7 cm³/mol. The molecule has 0 unspecified atom stereocenters. The number of nitrogens with two attached hydrogens (primary N) is 1. The number of hydrogen-bond donors (Lipinski definition) is 1. The van der Waals surface area contributed by atoms with E-state index in [0.717, 1.165) is 29.1 Å². The second kappa shape index (κ2) is 6.11. The predicted octanol–water partition coefficient (Wildman–Crippen LogP) is 3.69. The van der Waals surface area contributed by atoms with Crippen molar-refractivity contribution in [1.29, 1.82) is 0 Å². The highest BCUT2D eigenvalue weighted by Gasteiger charge is 2.02. The van der Waals surface area contributed by atoms with Crippen molar-refractivity contribution in [1.82, 2.24) is 0 Å². The molecule has 0 spiro atoms. The summed E-state index contributed by atoms with van der Waals surface area (Å²) in [5, 5.41) is 0.795. The molecular weight excluding hydrogens is 205 g/mol. The van der Waals surface area contributed by atoms with Crippen molar-refractivity contribution in [2.45, 2.75) is 26.2 Å². The van der Waals surface area contributed by atoms with Crippen molar-refractivity contribution in [3.63, 3.8) is 0 Å². The summed E-state index contributed by atoms with van der Waals surface area (Å²) >= 11 is 5.99. The van der Waals surface area contributed by atoms with Crippen LogP contribution in [0.15, 0.2) is 18.2 Å².